The maximum atomic E-state index is 5.84. The second-order valence-corrected chi connectivity index (χ2v) is 4.32. The number of ether oxygens (including phenoxy) is 1. The first-order valence-corrected chi connectivity index (χ1v) is 6.04. The second kappa shape index (κ2) is 4.81. The Bertz CT molecular complexity index is 457. The second-order valence-electron chi connectivity index (χ2n) is 4.32. The van der Waals surface area contributed by atoms with Crippen molar-refractivity contribution in [2.75, 3.05) is 13.1 Å². The number of aromatic amines is 1. The van der Waals surface area contributed by atoms with Crippen LogP contribution in [0.5, 0.6) is 0 Å². The lowest BCUT2D eigenvalue weighted by atomic mass is 10.1. The molecule has 5 nitrogen and oxygen atoms in total. The molecule has 0 aromatic carbocycles. The van der Waals surface area contributed by atoms with E-state index in [9.17, 15) is 0 Å². The fourth-order valence-electron chi connectivity index (χ4n) is 2.12. The standard InChI is InChI=1S/C12H16N4O/c1-2-10-12(14-5-1)16-11(15-10)8-17-9-3-6-13-7-4-9/h1-2,5,9,13H,3-4,6-8H2,(H,14,15,16). The van der Waals surface area contributed by atoms with Crippen molar-refractivity contribution in [3.63, 3.8) is 0 Å². The van der Waals surface area contributed by atoms with E-state index in [0.717, 1.165) is 42.9 Å². The SMILES string of the molecule is c1cnc2nc(COC3CCNCC3)[nH]c2c1. The Morgan fingerprint density at radius 1 is 1.35 bits per heavy atom. The van der Waals surface area contributed by atoms with Crippen LogP contribution < -0.4 is 5.32 Å². The number of nitrogens with zero attached hydrogens (tertiary/aromatic N) is 2. The van der Waals surface area contributed by atoms with Gasteiger partial charge in [0.05, 0.1) is 11.6 Å². The van der Waals surface area contributed by atoms with E-state index in [1.165, 1.54) is 0 Å². The van der Waals surface area contributed by atoms with Gasteiger partial charge in [0.1, 0.15) is 12.4 Å². The van der Waals surface area contributed by atoms with Crippen LogP contribution in [0.25, 0.3) is 11.2 Å². The van der Waals surface area contributed by atoms with E-state index < -0.39 is 0 Å². The first-order valence-electron chi connectivity index (χ1n) is 6.04. The zero-order valence-corrected chi connectivity index (χ0v) is 9.65. The number of fused-ring (bicyclic) bond motifs is 1. The van der Waals surface area contributed by atoms with Crippen molar-refractivity contribution in [2.45, 2.75) is 25.6 Å². The quantitative estimate of drug-likeness (QED) is 0.835. The number of aromatic nitrogens is 3. The maximum Gasteiger partial charge on any atom is 0.177 e. The summed E-state index contributed by atoms with van der Waals surface area (Å²) in [6.07, 6.45) is 4.27. The molecular formula is C12H16N4O. The highest BCUT2D eigenvalue weighted by molar-refractivity contribution is 5.69. The molecule has 3 heterocycles. The third-order valence-electron chi connectivity index (χ3n) is 3.05. The van der Waals surface area contributed by atoms with Crippen molar-refractivity contribution in [3.05, 3.63) is 24.2 Å². The number of pyridine rings is 1. The van der Waals surface area contributed by atoms with Crippen molar-refractivity contribution >= 4 is 11.2 Å². The van der Waals surface area contributed by atoms with Crippen LogP contribution in [-0.4, -0.2) is 34.1 Å². The van der Waals surface area contributed by atoms with E-state index in [4.69, 9.17) is 4.74 Å². The van der Waals surface area contributed by atoms with Gasteiger partial charge in [-0.05, 0) is 38.1 Å². The summed E-state index contributed by atoms with van der Waals surface area (Å²) in [5.41, 5.74) is 1.73. The largest absolute Gasteiger partial charge is 0.370 e. The molecule has 0 radical (unpaired) electrons. The molecule has 0 spiro atoms. The lowest BCUT2D eigenvalue weighted by Gasteiger charge is -2.22. The van der Waals surface area contributed by atoms with E-state index >= 15 is 0 Å². The van der Waals surface area contributed by atoms with Gasteiger partial charge in [-0.2, -0.15) is 0 Å². The zero-order valence-electron chi connectivity index (χ0n) is 9.65. The fraction of sp³-hybridized carbons (Fsp3) is 0.500. The van der Waals surface area contributed by atoms with Crippen LogP contribution in [0.1, 0.15) is 18.7 Å². The molecule has 3 rings (SSSR count). The molecule has 0 atom stereocenters. The average molecular weight is 232 g/mol. The molecule has 0 bridgehead atoms. The first-order chi connectivity index (χ1) is 8.42. The predicted octanol–water partition coefficient (Wildman–Crippen LogP) is 1.23. The van der Waals surface area contributed by atoms with Gasteiger partial charge in [0.15, 0.2) is 5.65 Å². The van der Waals surface area contributed by atoms with E-state index in [1.54, 1.807) is 6.20 Å². The van der Waals surface area contributed by atoms with Crippen molar-refractivity contribution in [1.29, 1.82) is 0 Å². The zero-order chi connectivity index (χ0) is 11.5. The molecule has 2 N–H and O–H groups in total. The van der Waals surface area contributed by atoms with E-state index in [2.05, 4.69) is 20.3 Å². The van der Waals surface area contributed by atoms with E-state index in [0.29, 0.717) is 12.7 Å². The molecule has 5 heteroatoms. The van der Waals surface area contributed by atoms with Crippen LogP contribution in [0.2, 0.25) is 0 Å². The number of hydrogen-bond acceptors (Lipinski definition) is 4. The summed E-state index contributed by atoms with van der Waals surface area (Å²) in [6.45, 7) is 2.64. The Morgan fingerprint density at radius 3 is 3.06 bits per heavy atom. The Morgan fingerprint density at radius 2 is 2.24 bits per heavy atom. The van der Waals surface area contributed by atoms with Gasteiger partial charge in [0.2, 0.25) is 0 Å². The summed E-state index contributed by atoms with van der Waals surface area (Å²) >= 11 is 0. The third-order valence-corrected chi connectivity index (χ3v) is 3.05. The van der Waals surface area contributed by atoms with Gasteiger partial charge in [-0.15, -0.1) is 0 Å². The van der Waals surface area contributed by atoms with Gasteiger partial charge in [-0.3, -0.25) is 0 Å². The summed E-state index contributed by atoms with van der Waals surface area (Å²) in [7, 11) is 0. The first kappa shape index (κ1) is 10.7. The highest BCUT2D eigenvalue weighted by Gasteiger charge is 2.14. The third kappa shape index (κ3) is 2.45. The number of hydrogen-bond donors (Lipinski definition) is 2. The number of H-pyrrole nitrogens is 1. The van der Waals surface area contributed by atoms with Crippen molar-refractivity contribution in [3.8, 4) is 0 Å². The number of nitrogens with one attached hydrogen (secondary N) is 2. The molecular weight excluding hydrogens is 216 g/mol. The van der Waals surface area contributed by atoms with Gasteiger partial charge in [-0.25, -0.2) is 9.97 Å². The summed E-state index contributed by atoms with van der Waals surface area (Å²) < 4.78 is 5.84. The summed E-state index contributed by atoms with van der Waals surface area (Å²) in [6, 6.07) is 3.88. The summed E-state index contributed by atoms with van der Waals surface area (Å²) in [5.74, 6) is 0.859. The van der Waals surface area contributed by atoms with Crippen LogP contribution in [0, 0.1) is 0 Å². The number of rotatable bonds is 3. The van der Waals surface area contributed by atoms with Gasteiger partial charge in [0, 0.05) is 6.20 Å². The molecule has 17 heavy (non-hydrogen) atoms. The average Bonchev–Trinajstić information content (AvgIpc) is 2.80. The molecule has 90 valence electrons. The molecule has 1 aliphatic rings. The van der Waals surface area contributed by atoms with E-state index in [-0.39, 0.29) is 0 Å². The lowest BCUT2D eigenvalue weighted by molar-refractivity contribution is 0.0182. The number of imidazole rings is 1. The minimum Gasteiger partial charge on any atom is -0.370 e. The number of piperidine rings is 1. The smallest absolute Gasteiger partial charge is 0.177 e. The highest BCUT2D eigenvalue weighted by Crippen LogP contribution is 2.12. The van der Waals surface area contributed by atoms with Gasteiger partial charge >= 0.3 is 0 Å². The van der Waals surface area contributed by atoms with Crippen molar-refractivity contribution < 1.29 is 4.74 Å². The van der Waals surface area contributed by atoms with Crippen molar-refractivity contribution in [1.82, 2.24) is 20.3 Å². The van der Waals surface area contributed by atoms with Crippen LogP contribution in [-0.2, 0) is 11.3 Å². The lowest BCUT2D eigenvalue weighted by Crippen LogP contribution is -2.32. The van der Waals surface area contributed by atoms with Crippen LogP contribution in [0.4, 0.5) is 0 Å². The fourth-order valence-corrected chi connectivity index (χ4v) is 2.12. The Balaban J connectivity index is 1.64. The monoisotopic (exact) mass is 232 g/mol. The Hall–Kier alpha value is -1.46. The molecule has 0 saturated carbocycles. The van der Waals surface area contributed by atoms with Gasteiger partial charge < -0.3 is 15.0 Å². The minimum atomic E-state index is 0.359. The molecule has 1 aliphatic heterocycles. The predicted molar refractivity (Wildman–Crippen MR) is 64.6 cm³/mol. The van der Waals surface area contributed by atoms with E-state index in [1.807, 2.05) is 12.1 Å². The molecule has 1 saturated heterocycles. The Kier molecular flexibility index (Phi) is 3.02. The molecule has 2 aromatic rings. The molecule has 1 fully saturated rings. The topological polar surface area (TPSA) is 62.8 Å². The van der Waals surface area contributed by atoms with Crippen LogP contribution in [0.15, 0.2) is 18.3 Å². The highest BCUT2D eigenvalue weighted by atomic mass is 16.5. The summed E-state index contributed by atoms with van der Waals surface area (Å²) in [5, 5.41) is 3.32. The van der Waals surface area contributed by atoms with Crippen LogP contribution >= 0.6 is 0 Å². The summed E-state index contributed by atoms with van der Waals surface area (Å²) in [4.78, 5) is 11.8. The van der Waals surface area contributed by atoms with Crippen molar-refractivity contribution in [2.24, 2.45) is 0 Å². The molecule has 0 amide bonds. The van der Waals surface area contributed by atoms with Gasteiger partial charge in [0.25, 0.3) is 0 Å². The van der Waals surface area contributed by atoms with Crippen LogP contribution in [0.3, 0.4) is 0 Å². The Labute approximate surface area is 99.6 Å². The maximum absolute atomic E-state index is 5.84. The normalized spacial score (nSPS) is 17.6. The van der Waals surface area contributed by atoms with Gasteiger partial charge in [-0.1, -0.05) is 0 Å². The molecule has 0 unspecified atom stereocenters. The molecule has 2 aromatic heterocycles. The molecule has 0 aliphatic carbocycles. The minimum absolute atomic E-state index is 0.359.